The summed E-state index contributed by atoms with van der Waals surface area (Å²) >= 11 is 1.81. The molecule has 2 unspecified atom stereocenters. The summed E-state index contributed by atoms with van der Waals surface area (Å²) in [4.78, 5) is 15.8. The van der Waals surface area contributed by atoms with E-state index in [0.717, 1.165) is 17.1 Å². The van der Waals surface area contributed by atoms with Crippen LogP contribution in [0, 0.1) is 0 Å². The molecule has 0 aliphatic carbocycles. The van der Waals surface area contributed by atoms with Crippen LogP contribution in [-0.4, -0.2) is 54.4 Å². The molecule has 0 aromatic heterocycles. The van der Waals surface area contributed by atoms with Gasteiger partial charge in [0.25, 0.3) is 14.2 Å². The molecule has 196 valence electrons. The van der Waals surface area contributed by atoms with Gasteiger partial charge in [-0.2, -0.15) is 11.8 Å². The molecule has 1 N–H and O–H groups in total. The Kier molecular flexibility index (Phi) is 8.96. The van der Waals surface area contributed by atoms with Gasteiger partial charge in [-0.3, -0.25) is 4.79 Å². The third kappa shape index (κ3) is 5.72. The molecule has 0 bridgehead atoms. The van der Waals surface area contributed by atoms with Crippen LogP contribution < -0.4 is 10.4 Å². The number of carbonyl (C=O) groups excluding carboxylic acids is 1. The molecule has 0 radical (unpaired) electrons. The molecule has 37 heavy (non-hydrogen) atoms. The van der Waals surface area contributed by atoms with Gasteiger partial charge in [0.1, 0.15) is 0 Å². The first-order valence-corrected chi connectivity index (χ1v) is 16.3. The van der Waals surface area contributed by atoms with E-state index in [4.69, 9.17) is 4.43 Å². The molecule has 3 aromatic carbocycles. The highest BCUT2D eigenvalue weighted by Crippen LogP contribution is 2.37. The van der Waals surface area contributed by atoms with Gasteiger partial charge in [0.15, 0.2) is 0 Å². The number of benzene rings is 3. The zero-order valence-corrected chi connectivity index (χ0v) is 24.2. The van der Waals surface area contributed by atoms with E-state index in [9.17, 15) is 9.90 Å². The maximum Gasteiger partial charge on any atom is 0.261 e. The van der Waals surface area contributed by atoms with E-state index >= 15 is 0 Å². The lowest BCUT2D eigenvalue weighted by molar-refractivity contribution is 0.0411. The summed E-state index contributed by atoms with van der Waals surface area (Å²) in [5.74, 6) is 1.64. The second-order valence-corrected chi connectivity index (χ2v) is 16.2. The molecule has 3 aromatic rings. The molecular weight excluding hydrogens is 494 g/mol. The van der Waals surface area contributed by atoms with Gasteiger partial charge in [0, 0.05) is 23.6 Å². The molecule has 1 amide bonds. The Labute approximate surface area is 227 Å². The van der Waals surface area contributed by atoms with Crippen LogP contribution in [0.3, 0.4) is 0 Å². The summed E-state index contributed by atoms with van der Waals surface area (Å²) in [7, 11) is -2.73. The molecule has 0 spiro atoms. The molecule has 4 nitrogen and oxygen atoms in total. The third-order valence-electron chi connectivity index (χ3n) is 7.40. The van der Waals surface area contributed by atoms with Crippen molar-refractivity contribution in [3.63, 3.8) is 0 Å². The van der Waals surface area contributed by atoms with E-state index in [1.165, 1.54) is 10.4 Å². The molecule has 1 fully saturated rings. The first-order valence-electron chi connectivity index (χ1n) is 13.2. The monoisotopic (exact) mass is 533 g/mol. The lowest BCUT2D eigenvalue weighted by atomic mass is 10.0. The topological polar surface area (TPSA) is 49.8 Å². The van der Waals surface area contributed by atoms with Crippen molar-refractivity contribution >= 4 is 36.4 Å². The van der Waals surface area contributed by atoms with Gasteiger partial charge in [-0.1, -0.05) is 107 Å². The van der Waals surface area contributed by atoms with Crippen LogP contribution in [0.5, 0.6) is 0 Å². The predicted molar refractivity (Wildman–Crippen MR) is 157 cm³/mol. The minimum absolute atomic E-state index is 0.0144. The van der Waals surface area contributed by atoms with Crippen molar-refractivity contribution in [3.8, 4) is 0 Å². The van der Waals surface area contributed by atoms with Crippen molar-refractivity contribution in [2.24, 2.45) is 0 Å². The summed E-state index contributed by atoms with van der Waals surface area (Å²) in [6.45, 7) is 9.75. The van der Waals surface area contributed by atoms with Crippen LogP contribution in [0.4, 0.5) is 0 Å². The van der Waals surface area contributed by atoms with Gasteiger partial charge < -0.3 is 14.4 Å². The number of nitrogens with zero attached hydrogens (tertiary/aromatic N) is 1. The largest absolute Gasteiger partial charge is 0.403 e. The second kappa shape index (κ2) is 12.0. The summed E-state index contributed by atoms with van der Waals surface area (Å²) in [6, 6.07) is 28.8. The third-order valence-corrected chi connectivity index (χ3v) is 13.4. The van der Waals surface area contributed by atoms with Crippen molar-refractivity contribution < 1.29 is 14.3 Å². The average Bonchev–Trinajstić information content (AvgIpc) is 2.93. The minimum atomic E-state index is -2.73. The Hall–Kier alpha value is -2.38. The van der Waals surface area contributed by atoms with Crippen LogP contribution >= 0.6 is 11.8 Å². The molecule has 2 atom stereocenters. The summed E-state index contributed by atoms with van der Waals surface area (Å²) < 4.78 is 7.14. The number of hydrogen-bond donors (Lipinski definition) is 1. The van der Waals surface area contributed by atoms with Crippen LogP contribution in [0.1, 0.15) is 50.0 Å². The van der Waals surface area contributed by atoms with Crippen molar-refractivity contribution in [2.75, 3.05) is 18.1 Å². The number of amides is 1. The highest BCUT2D eigenvalue weighted by atomic mass is 32.2. The first-order chi connectivity index (χ1) is 17.8. The van der Waals surface area contributed by atoms with E-state index in [0.29, 0.717) is 25.1 Å². The van der Waals surface area contributed by atoms with Gasteiger partial charge in [0.2, 0.25) is 0 Å². The highest BCUT2D eigenvalue weighted by Gasteiger charge is 2.50. The lowest BCUT2D eigenvalue weighted by Crippen LogP contribution is -2.66. The average molecular weight is 534 g/mol. The normalized spacial score (nSPS) is 17.4. The van der Waals surface area contributed by atoms with Gasteiger partial charge in [-0.15, -0.1) is 0 Å². The summed E-state index contributed by atoms with van der Waals surface area (Å²) in [5, 5.41) is 12.9. The van der Waals surface area contributed by atoms with Crippen molar-refractivity contribution in [1.29, 1.82) is 0 Å². The number of hydrogen-bond acceptors (Lipinski definition) is 4. The molecule has 6 heteroatoms. The second-order valence-electron chi connectivity index (χ2n) is 10.7. The quantitative estimate of drug-likeness (QED) is 0.410. The Bertz CT molecular complexity index is 1130. The van der Waals surface area contributed by atoms with Gasteiger partial charge in [-0.25, -0.2) is 0 Å². The highest BCUT2D eigenvalue weighted by molar-refractivity contribution is 7.99. The molecular formula is C31H39NO3SSi. The summed E-state index contributed by atoms with van der Waals surface area (Å²) in [5.41, 5.74) is 1.56. The van der Waals surface area contributed by atoms with E-state index in [-0.39, 0.29) is 17.0 Å². The molecule has 1 heterocycles. The van der Waals surface area contributed by atoms with E-state index in [1.54, 1.807) is 11.8 Å². The number of aliphatic hydroxyl groups excluding tert-OH is 1. The Morgan fingerprint density at radius 2 is 1.57 bits per heavy atom. The standard InChI is InChI=1S/C31H39NO3SSi/c1-5-29(33)28-23-36-21-20-32(28)30(34)27-19-13-12-14-24(27)22-35-37(31(2,3)4,25-15-8-6-9-16-25)26-17-10-7-11-18-26/h6-19,28-29,33H,5,20-23H2,1-4H3. The number of thioether (sulfide) groups is 1. The van der Waals surface area contributed by atoms with Gasteiger partial charge >= 0.3 is 0 Å². The van der Waals surface area contributed by atoms with Gasteiger partial charge in [-0.05, 0) is 33.5 Å². The van der Waals surface area contributed by atoms with Crippen LogP contribution in [0.15, 0.2) is 84.9 Å². The van der Waals surface area contributed by atoms with E-state index in [2.05, 4.69) is 69.3 Å². The molecule has 1 saturated heterocycles. The maximum atomic E-state index is 13.9. The van der Waals surface area contributed by atoms with Crippen molar-refractivity contribution in [1.82, 2.24) is 4.90 Å². The molecule has 4 rings (SSSR count). The fraction of sp³-hybridized carbons (Fsp3) is 0.387. The van der Waals surface area contributed by atoms with Crippen LogP contribution in [0.2, 0.25) is 5.04 Å². The fourth-order valence-electron chi connectivity index (χ4n) is 5.42. The Balaban J connectivity index is 1.72. The van der Waals surface area contributed by atoms with E-state index < -0.39 is 14.4 Å². The lowest BCUT2D eigenvalue weighted by Gasteiger charge is -2.43. The Morgan fingerprint density at radius 3 is 2.14 bits per heavy atom. The molecule has 0 saturated carbocycles. The first kappa shape index (κ1) is 27.6. The number of aliphatic hydroxyl groups is 1. The van der Waals surface area contributed by atoms with Crippen LogP contribution in [0.25, 0.3) is 0 Å². The van der Waals surface area contributed by atoms with Gasteiger partial charge in [0.05, 0.1) is 18.8 Å². The van der Waals surface area contributed by atoms with Crippen LogP contribution in [-0.2, 0) is 11.0 Å². The summed E-state index contributed by atoms with van der Waals surface area (Å²) in [6.07, 6.45) is 0.116. The maximum absolute atomic E-state index is 13.9. The minimum Gasteiger partial charge on any atom is -0.403 e. The SMILES string of the molecule is CCC(O)C1CSCCN1C(=O)c1ccccc1CO[Si](c1ccccc1)(c1ccccc1)C(C)(C)C. The van der Waals surface area contributed by atoms with Crippen molar-refractivity contribution in [3.05, 3.63) is 96.1 Å². The Morgan fingerprint density at radius 1 is 1.00 bits per heavy atom. The van der Waals surface area contributed by atoms with E-state index in [1.807, 2.05) is 48.2 Å². The van der Waals surface area contributed by atoms with Crippen molar-refractivity contribution in [2.45, 2.75) is 57.9 Å². The zero-order chi connectivity index (χ0) is 26.5. The molecule has 1 aliphatic rings. The number of carbonyl (C=O) groups is 1. The smallest absolute Gasteiger partial charge is 0.261 e. The molecule has 1 aliphatic heterocycles. The predicted octanol–water partition coefficient (Wildman–Crippen LogP) is 5.09. The number of rotatable bonds is 8. The fourth-order valence-corrected chi connectivity index (χ4v) is 11.1. The zero-order valence-electron chi connectivity index (χ0n) is 22.4.